The minimum atomic E-state index is -0.753. The molecule has 0 saturated carbocycles. The summed E-state index contributed by atoms with van der Waals surface area (Å²) in [7, 11) is 0. The summed E-state index contributed by atoms with van der Waals surface area (Å²) in [6.45, 7) is 1.67. The predicted molar refractivity (Wildman–Crippen MR) is 97.0 cm³/mol. The highest BCUT2D eigenvalue weighted by Gasteiger charge is 2.28. The Hall–Kier alpha value is -2.13. The van der Waals surface area contributed by atoms with E-state index in [-0.39, 0.29) is 0 Å². The summed E-state index contributed by atoms with van der Waals surface area (Å²) in [5, 5.41) is 9.61. The van der Waals surface area contributed by atoms with E-state index in [9.17, 15) is 9.90 Å². The van der Waals surface area contributed by atoms with Gasteiger partial charge in [0.1, 0.15) is 6.04 Å². The third kappa shape index (κ3) is 4.24. The number of carboxylic acids is 1. The van der Waals surface area contributed by atoms with Gasteiger partial charge < -0.3 is 5.11 Å². The second-order valence-corrected chi connectivity index (χ2v) is 6.57. The number of allylic oxidation sites excluding steroid dienone is 5. The fourth-order valence-corrected chi connectivity index (χ4v) is 3.57. The molecule has 1 saturated heterocycles. The molecule has 3 heteroatoms. The molecule has 0 spiro atoms. The number of likely N-dealkylation sites (tertiary alicyclic amines) is 1. The topological polar surface area (TPSA) is 40.5 Å². The van der Waals surface area contributed by atoms with Gasteiger partial charge in [-0.3, -0.25) is 9.69 Å². The summed E-state index contributed by atoms with van der Waals surface area (Å²) in [4.78, 5) is 13.8. The van der Waals surface area contributed by atoms with Gasteiger partial charge in [-0.05, 0) is 55.8 Å². The number of hydrogen-bond donors (Lipinski definition) is 1. The molecule has 1 atom stereocenters. The molecule has 3 rings (SSSR count). The van der Waals surface area contributed by atoms with Gasteiger partial charge in [0.05, 0.1) is 0 Å². The van der Waals surface area contributed by atoms with Gasteiger partial charge in [0, 0.05) is 0 Å². The van der Waals surface area contributed by atoms with Crippen molar-refractivity contribution in [3.8, 4) is 0 Å². The molecule has 0 radical (unpaired) electrons. The first-order valence-corrected chi connectivity index (χ1v) is 8.80. The van der Waals surface area contributed by atoms with Crippen LogP contribution in [0.2, 0.25) is 0 Å². The molecule has 1 heterocycles. The van der Waals surface area contributed by atoms with Crippen LogP contribution >= 0.6 is 0 Å². The third-order valence-electron chi connectivity index (χ3n) is 4.99. The van der Waals surface area contributed by atoms with Gasteiger partial charge in [-0.15, -0.1) is 0 Å². The predicted octanol–water partition coefficient (Wildman–Crippen LogP) is 4.15. The van der Waals surface area contributed by atoms with Crippen LogP contribution in [0, 0.1) is 0 Å². The zero-order chi connectivity index (χ0) is 16.8. The van der Waals surface area contributed by atoms with E-state index >= 15 is 0 Å². The molecule has 1 fully saturated rings. The smallest absolute Gasteiger partial charge is 0.324 e. The van der Waals surface area contributed by atoms with E-state index in [1.165, 1.54) is 11.1 Å². The van der Waals surface area contributed by atoms with Gasteiger partial charge in [-0.25, -0.2) is 0 Å². The summed E-state index contributed by atoms with van der Waals surface area (Å²) in [5.74, 6) is -0.205. The van der Waals surface area contributed by atoms with E-state index < -0.39 is 12.0 Å². The van der Waals surface area contributed by atoms with Crippen molar-refractivity contribution in [3.05, 3.63) is 71.8 Å². The molecule has 1 N–H and O–H groups in total. The van der Waals surface area contributed by atoms with Crippen molar-refractivity contribution < 1.29 is 9.90 Å². The number of benzene rings is 1. The Labute approximate surface area is 144 Å². The van der Waals surface area contributed by atoms with Crippen LogP contribution < -0.4 is 0 Å². The minimum Gasteiger partial charge on any atom is -0.480 e. The third-order valence-corrected chi connectivity index (χ3v) is 4.99. The van der Waals surface area contributed by atoms with Crippen molar-refractivity contribution in [1.29, 1.82) is 0 Å². The molecule has 3 nitrogen and oxygen atoms in total. The van der Waals surface area contributed by atoms with Crippen LogP contribution in [-0.4, -0.2) is 35.1 Å². The van der Waals surface area contributed by atoms with Crippen LogP contribution in [0.5, 0.6) is 0 Å². The molecule has 126 valence electrons. The maximum Gasteiger partial charge on any atom is 0.324 e. The highest BCUT2D eigenvalue weighted by molar-refractivity contribution is 5.76. The Kier molecular flexibility index (Phi) is 5.65. The van der Waals surface area contributed by atoms with Crippen molar-refractivity contribution >= 4 is 5.97 Å². The van der Waals surface area contributed by atoms with Gasteiger partial charge in [0.25, 0.3) is 0 Å². The number of aliphatic carboxylic acids is 1. The highest BCUT2D eigenvalue weighted by atomic mass is 16.4. The molecule has 1 aromatic rings. The molecule has 1 aliphatic carbocycles. The van der Waals surface area contributed by atoms with Crippen LogP contribution in [0.1, 0.15) is 37.2 Å². The number of rotatable bonds is 5. The normalized spacial score (nSPS) is 20.9. The number of hydrogen-bond acceptors (Lipinski definition) is 2. The van der Waals surface area contributed by atoms with Gasteiger partial charge in [0.15, 0.2) is 0 Å². The maximum atomic E-state index is 11.7. The molecule has 1 unspecified atom stereocenters. The minimum absolute atomic E-state index is 0.520. The number of nitrogens with zero attached hydrogens (tertiary/aromatic N) is 1. The Morgan fingerprint density at radius 2 is 1.96 bits per heavy atom. The van der Waals surface area contributed by atoms with Crippen LogP contribution in [0.3, 0.4) is 0 Å². The van der Waals surface area contributed by atoms with E-state index in [1.54, 1.807) is 0 Å². The Bertz CT molecular complexity index is 637. The zero-order valence-electron chi connectivity index (χ0n) is 14.0. The summed E-state index contributed by atoms with van der Waals surface area (Å²) in [6.07, 6.45) is 14.2. The van der Waals surface area contributed by atoms with Crippen molar-refractivity contribution in [2.75, 3.05) is 13.1 Å². The monoisotopic (exact) mass is 323 g/mol. The van der Waals surface area contributed by atoms with Crippen molar-refractivity contribution in [1.82, 2.24) is 4.90 Å². The second kappa shape index (κ2) is 8.11. The summed E-state index contributed by atoms with van der Waals surface area (Å²) in [6, 6.07) is 10.0. The Balaban J connectivity index is 1.61. The zero-order valence-corrected chi connectivity index (χ0v) is 14.0. The average molecular weight is 323 g/mol. The van der Waals surface area contributed by atoms with E-state index in [1.807, 2.05) is 24.3 Å². The maximum absolute atomic E-state index is 11.7. The fourth-order valence-electron chi connectivity index (χ4n) is 3.57. The lowest BCUT2D eigenvalue weighted by atomic mass is 9.89. The summed E-state index contributed by atoms with van der Waals surface area (Å²) >= 11 is 0. The number of piperidine rings is 1. The van der Waals surface area contributed by atoms with E-state index in [2.05, 4.69) is 41.3 Å². The first-order chi connectivity index (χ1) is 11.7. The molecular formula is C21H25NO2. The molecule has 0 bridgehead atoms. The van der Waals surface area contributed by atoms with E-state index in [4.69, 9.17) is 0 Å². The van der Waals surface area contributed by atoms with Gasteiger partial charge in [-0.2, -0.15) is 0 Å². The quantitative estimate of drug-likeness (QED) is 0.885. The highest BCUT2D eigenvalue weighted by Crippen LogP contribution is 2.29. The first-order valence-electron chi connectivity index (χ1n) is 8.80. The molecule has 1 aromatic carbocycles. The Morgan fingerprint density at radius 1 is 1.21 bits per heavy atom. The molecule has 0 amide bonds. The molecule has 1 aliphatic heterocycles. The Morgan fingerprint density at radius 3 is 2.58 bits per heavy atom. The van der Waals surface area contributed by atoms with Gasteiger partial charge in [0.2, 0.25) is 0 Å². The van der Waals surface area contributed by atoms with Crippen LogP contribution in [-0.2, 0) is 4.79 Å². The van der Waals surface area contributed by atoms with Gasteiger partial charge >= 0.3 is 5.97 Å². The van der Waals surface area contributed by atoms with Crippen molar-refractivity contribution in [2.45, 2.75) is 37.6 Å². The molecule has 24 heavy (non-hydrogen) atoms. The molecular weight excluding hydrogens is 298 g/mol. The second-order valence-electron chi connectivity index (χ2n) is 6.57. The van der Waals surface area contributed by atoms with Crippen LogP contribution in [0.4, 0.5) is 0 Å². The number of carboxylic acid groups (broad SMARTS) is 1. The van der Waals surface area contributed by atoms with Crippen LogP contribution in [0.15, 0.2) is 66.3 Å². The molecule has 0 aromatic heterocycles. The largest absolute Gasteiger partial charge is 0.480 e. The van der Waals surface area contributed by atoms with Crippen LogP contribution in [0.25, 0.3) is 0 Å². The summed E-state index contributed by atoms with van der Waals surface area (Å²) < 4.78 is 0. The van der Waals surface area contributed by atoms with Crippen molar-refractivity contribution in [2.24, 2.45) is 0 Å². The van der Waals surface area contributed by atoms with Crippen molar-refractivity contribution in [3.63, 3.8) is 0 Å². The summed E-state index contributed by atoms with van der Waals surface area (Å²) in [5.41, 5.74) is 2.58. The van der Waals surface area contributed by atoms with E-state index in [0.29, 0.717) is 5.92 Å². The lowest BCUT2D eigenvalue weighted by Crippen LogP contribution is -2.44. The van der Waals surface area contributed by atoms with E-state index in [0.717, 1.165) is 38.8 Å². The average Bonchev–Trinajstić information content (AvgIpc) is 2.64. The SMILES string of the molecule is O=C(O)C(/C=C/C1=CC=CCC1)N1CCC(c2ccccc2)CC1. The lowest BCUT2D eigenvalue weighted by Gasteiger charge is -2.34. The molecule has 2 aliphatic rings. The first kappa shape index (κ1) is 16.7. The standard InChI is InChI=1S/C21H25NO2/c23-21(24)20(12-11-17-7-3-1-4-8-17)22-15-13-19(14-16-22)18-9-5-2-6-10-18/h1-3,5-7,9-12,19-20H,4,8,13-16H2,(H,23,24)/b12-11+. The fraction of sp³-hybridized carbons (Fsp3) is 0.381. The van der Waals surface area contributed by atoms with Gasteiger partial charge in [-0.1, -0.05) is 60.7 Å². The number of carbonyl (C=O) groups is 1. The lowest BCUT2D eigenvalue weighted by molar-refractivity contribution is -0.141.